The van der Waals surface area contributed by atoms with Crippen molar-refractivity contribution in [2.45, 2.75) is 57.1 Å². The lowest BCUT2D eigenvalue weighted by Gasteiger charge is -2.19. The molecule has 0 unspecified atom stereocenters. The summed E-state index contributed by atoms with van der Waals surface area (Å²) in [6, 6.07) is 5.26. The van der Waals surface area contributed by atoms with Gasteiger partial charge in [-0.1, -0.05) is 0 Å². The molecule has 2 amide bonds. The van der Waals surface area contributed by atoms with Gasteiger partial charge in [0.05, 0.1) is 25.0 Å². The number of aliphatic hydroxyl groups is 2. The Bertz CT molecular complexity index is 1270. The lowest BCUT2D eigenvalue weighted by Crippen LogP contribution is -2.43. The van der Waals surface area contributed by atoms with Gasteiger partial charge in [0, 0.05) is 12.6 Å². The van der Waals surface area contributed by atoms with E-state index in [1.807, 2.05) is 0 Å². The molecule has 4 rings (SSSR count). The third-order valence-corrected chi connectivity index (χ3v) is 6.08. The molecule has 38 heavy (non-hydrogen) atoms. The summed E-state index contributed by atoms with van der Waals surface area (Å²) in [5, 5.41) is 29.8. The number of hydrogen-bond acceptors (Lipinski definition) is 10. The van der Waals surface area contributed by atoms with E-state index in [9.17, 15) is 19.8 Å². The Balaban J connectivity index is 1.31. The molecule has 13 nitrogen and oxygen atoms in total. The van der Waals surface area contributed by atoms with Crippen LogP contribution in [0, 0.1) is 0 Å². The van der Waals surface area contributed by atoms with Crippen molar-refractivity contribution in [2.24, 2.45) is 0 Å². The summed E-state index contributed by atoms with van der Waals surface area (Å²) in [6.45, 7) is 5.83. The Morgan fingerprint density at radius 1 is 1.11 bits per heavy atom. The van der Waals surface area contributed by atoms with Crippen molar-refractivity contribution in [3.63, 3.8) is 0 Å². The fourth-order valence-corrected chi connectivity index (χ4v) is 4.30. The number of rotatable bonds is 8. The van der Waals surface area contributed by atoms with Crippen LogP contribution in [0.3, 0.4) is 0 Å². The molecule has 5 N–H and O–H groups in total. The van der Waals surface area contributed by atoms with E-state index < -0.39 is 41.9 Å². The number of ether oxygens (including phenoxy) is 2. The molecule has 0 saturated heterocycles. The smallest absolute Gasteiger partial charge is 0.407 e. The Kier molecular flexibility index (Phi) is 7.97. The van der Waals surface area contributed by atoms with E-state index >= 15 is 0 Å². The van der Waals surface area contributed by atoms with E-state index in [-0.39, 0.29) is 19.6 Å². The Morgan fingerprint density at radius 3 is 2.53 bits per heavy atom. The van der Waals surface area contributed by atoms with Crippen molar-refractivity contribution >= 4 is 29.0 Å². The molecule has 0 aliphatic heterocycles. The Hall–Kier alpha value is -3.97. The molecule has 2 aromatic heterocycles. The second-order valence-electron chi connectivity index (χ2n) is 9.96. The predicted octanol–water partition coefficient (Wildman–Crippen LogP) is 1.24. The van der Waals surface area contributed by atoms with Crippen molar-refractivity contribution in [3.8, 4) is 5.75 Å². The first kappa shape index (κ1) is 27.1. The summed E-state index contributed by atoms with van der Waals surface area (Å²) < 4.78 is 12.5. The van der Waals surface area contributed by atoms with Crippen LogP contribution in [0.4, 0.5) is 10.6 Å². The number of amides is 2. The topological polar surface area (TPSA) is 173 Å². The summed E-state index contributed by atoms with van der Waals surface area (Å²) in [4.78, 5) is 37.3. The molecule has 1 aromatic carbocycles. The first-order valence-electron chi connectivity index (χ1n) is 12.3. The van der Waals surface area contributed by atoms with E-state index in [1.165, 1.54) is 6.33 Å². The average Bonchev–Trinajstić information content (AvgIpc) is 3.42. The SMILES string of the molecule is CNc1ncnc2c1ncn2[C@H]1C[C@@H](NC(=O)c2ccc(OCCNC(=O)OC(C)(C)C)cc2)[C@@H](O)[C@H]1O. The van der Waals surface area contributed by atoms with Crippen molar-refractivity contribution in [3.05, 3.63) is 42.5 Å². The van der Waals surface area contributed by atoms with E-state index in [4.69, 9.17) is 9.47 Å². The van der Waals surface area contributed by atoms with E-state index in [0.29, 0.717) is 28.3 Å². The number of benzene rings is 1. The standard InChI is InChI=1S/C25H33N7O6/c1-25(2,3)38-24(36)27-9-10-37-15-7-5-14(6-8-15)23(35)31-16-11-17(20(34)19(16)33)32-13-30-18-21(26-4)28-12-29-22(18)32/h5-8,12-13,16-17,19-20,33-34H,9-11H2,1-4H3,(H,27,36)(H,31,35)(H,26,28,29)/t16-,17+,19-,20+/m1/s1. The first-order chi connectivity index (χ1) is 18.1. The quantitative estimate of drug-likeness (QED) is 0.268. The highest BCUT2D eigenvalue weighted by Gasteiger charge is 2.43. The fourth-order valence-electron chi connectivity index (χ4n) is 4.30. The van der Waals surface area contributed by atoms with Crippen LogP contribution in [0.25, 0.3) is 11.2 Å². The molecular formula is C25H33N7O6. The van der Waals surface area contributed by atoms with Crippen molar-refractivity contribution in [2.75, 3.05) is 25.5 Å². The number of nitrogens with zero attached hydrogens (tertiary/aromatic N) is 4. The maximum atomic E-state index is 12.8. The number of carbonyl (C=O) groups is 2. The second kappa shape index (κ2) is 11.2. The maximum Gasteiger partial charge on any atom is 0.407 e. The van der Waals surface area contributed by atoms with E-state index in [0.717, 1.165) is 0 Å². The van der Waals surface area contributed by atoms with E-state index in [1.54, 1.807) is 63.0 Å². The van der Waals surface area contributed by atoms with Gasteiger partial charge in [0.15, 0.2) is 11.5 Å². The van der Waals surface area contributed by atoms with Gasteiger partial charge in [-0.25, -0.2) is 19.7 Å². The van der Waals surface area contributed by atoms with Crippen LogP contribution >= 0.6 is 0 Å². The van der Waals surface area contributed by atoms with Crippen molar-refractivity contribution < 1.29 is 29.3 Å². The zero-order valence-corrected chi connectivity index (χ0v) is 21.7. The van der Waals surface area contributed by atoms with Gasteiger partial charge in [0.2, 0.25) is 0 Å². The summed E-state index contributed by atoms with van der Waals surface area (Å²) in [6.07, 6.45) is 0.403. The number of nitrogens with one attached hydrogen (secondary N) is 3. The molecule has 4 atom stereocenters. The zero-order chi connectivity index (χ0) is 27.4. The van der Waals surface area contributed by atoms with Crippen molar-refractivity contribution in [1.29, 1.82) is 0 Å². The predicted molar refractivity (Wildman–Crippen MR) is 138 cm³/mol. The van der Waals surface area contributed by atoms with Crippen LogP contribution in [0.5, 0.6) is 5.75 Å². The molecular weight excluding hydrogens is 494 g/mol. The zero-order valence-electron chi connectivity index (χ0n) is 21.7. The second-order valence-corrected chi connectivity index (χ2v) is 9.96. The van der Waals surface area contributed by atoms with Gasteiger partial charge in [0.1, 0.15) is 42.0 Å². The van der Waals surface area contributed by atoms with Crippen molar-refractivity contribution in [1.82, 2.24) is 30.2 Å². The fraction of sp³-hybridized carbons (Fsp3) is 0.480. The molecule has 0 radical (unpaired) electrons. The largest absolute Gasteiger partial charge is 0.492 e. The number of anilines is 1. The number of aliphatic hydroxyl groups excluding tert-OH is 2. The maximum absolute atomic E-state index is 12.8. The molecule has 0 spiro atoms. The third kappa shape index (κ3) is 6.11. The Labute approximate surface area is 219 Å². The number of aromatic nitrogens is 4. The van der Waals surface area contributed by atoms with Crippen LogP contribution in [-0.2, 0) is 4.74 Å². The minimum atomic E-state index is -1.17. The van der Waals surface area contributed by atoms with Crippen LogP contribution in [0.1, 0.15) is 43.6 Å². The molecule has 1 aliphatic carbocycles. The number of hydrogen-bond donors (Lipinski definition) is 5. The van der Waals surface area contributed by atoms with E-state index in [2.05, 4.69) is 30.9 Å². The minimum absolute atomic E-state index is 0.224. The monoisotopic (exact) mass is 527 g/mol. The number of carbonyl (C=O) groups excluding carboxylic acids is 2. The minimum Gasteiger partial charge on any atom is -0.492 e. The molecule has 1 aliphatic rings. The molecule has 1 saturated carbocycles. The highest BCUT2D eigenvalue weighted by Crippen LogP contribution is 2.34. The van der Waals surface area contributed by atoms with Crippen LogP contribution in [0.15, 0.2) is 36.9 Å². The summed E-state index contributed by atoms with van der Waals surface area (Å²) >= 11 is 0. The molecule has 0 bridgehead atoms. The highest BCUT2D eigenvalue weighted by atomic mass is 16.6. The summed E-state index contributed by atoms with van der Waals surface area (Å²) in [5.41, 5.74) is 0.860. The summed E-state index contributed by atoms with van der Waals surface area (Å²) in [5.74, 6) is 0.688. The van der Waals surface area contributed by atoms with Crippen LogP contribution < -0.4 is 20.7 Å². The van der Waals surface area contributed by atoms with Gasteiger partial charge in [-0.15, -0.1) is 0 Å². The average molecular weight is 528 g/mol. The summed E-state index contributed by atoms with van der Waals surface area (Å²) in [7, 11) is 1.73. The third-order valence-electron chi connectivity index (χ3n) is 6.08. The van der Waals surface area contributed by atoms with Gasteiger partial charge in [-0.2, -0.15) is 0 Å². The van der Waals surface area contributed by atoms with Gasteiger partial charge >= 0.3 is 6.09 Å². The van der Waals surface area contributed by atoms with Crippen LogP contribution in [0.2, 0.25) is 0 Å². The number of imidazole rings is 1. The number of fused-ring (bicyclic) bond motifs is 1. The van der Waals surface area contributed by atoms with Crippen LogP contribution in [-0.4, -0.2) is 85.8 Å². The first-order valence-corrected chi connectivity index (χ1v) is 12.3. The molecule has 1 fully saturated rings. The van der Waals surface area contributed by atoms with Gasteiger partial charge < -0.3 is 40.2 Å². The molecule has 13 heteroatoms. The Morgan fingerprint density at radius 2 is 1.84 bits per heavy atom. The van der Waals surface area contributed by atoms with Gasteiger partial charge in [-0.05, 0) is 51.5 Å². The lowest BCUT2D eigenvalue weighted by atomic mass is 10.1. The van der Waals surface area contributed by atoms with Gasteiger partial charge in [0.25, 0.3) is 5.91 Å². The normalized spacial score (nSPS) is 21.2. The number of alkyl carbamates (subject to hydrolysis) is 1. The molecule has 204 valence electrons. The van der Waals surface area contributed by atoms with Gasteiger partial charge in [-0.3, -0.25) is 4.79 Å². The molecule has 2 heterocycles. The highest BCUT2D eigenvalue weighted by molar-refractivity contribution is 5.94. The molecule has 3 aromatic rings. The lowest BCUT2D eigenvalue weighted by molar-refractivity contribution is 0.0143.